The zero-order valence-electron chi connectivity index (χ0n) is 14.4. The van der Waals surface area contributed by atoms with E-state index in [2.05, 4.69) is 30.4 Å². The standard InChI is InChI=1S/C18H25N5OS/c24-18(3-1-2-14-6-20-21-7-14)23-9-15-4-5-17(23)11-22(8-15)10-16-12-25-13-19-16/h6-7,12-13,15,17H,1-5,8-11H2,(H,20,21)/t15-,17+/m1/s1. The number of hydrogen-bond acceptors (Lipinski definition) is 5. The predicted molar refractivity (Wildman–Crippen MR) is 97.1 cm³/mol. The van der Waals surface area contributed by atoms with Crippen molar-refractivity contribution in [2.45, 2.75) is 44.7 Å². The molecule has 3 saturated heterocycles. The number of aromatic amines is 1. The SMILES string of the molecule is O=C(CCCc1cn[nH]c1)N1C[C@@H]2CC[C@H]1CN(Cc1cscn1)C2. The fourth-order valence-corrected chi connectivity index (χ4v) is 4.71. The molecule has 0 unspecified atom stereocenters. The van der Waals surface area contributed by atoms with Gasteiger partial charge >= 0.3 is 0 Å². The summed E-state index contributed by atoms with van der Waals surface area (Å²) in [6.07, 6.45) is 8.60. The quantitative estimate of drug-likeness (QED) is 0.860. The Kier molecular flexibility index (Phi) is 5.12. The number of hydrogen-bond donors (Lipinski definition) is 1. The van der Waals surface area contributed by atoms with E-state index >= 15 is 0 Å². The highest BCUT2D eigenvalue weighted by atomic mass is 32.1. The Morgan fingerprint density at radius 1 is 1.32 bits per heavy atom. The van der Waals surface area contributed by atoms with Gasteiger partial charge in [-0.05, 0) is 37.2 Å². The van der Waals surface area contributed by atoms with Gasteiger partial charge in [0.25, 0.3) is 0 Å². The Labute approximate surface area is 152 Å². The molecular weight excluding hydrogens is 334 g/mol. The first-order valence-corrected chi connectivity index (χ1v) is 10.1. The van der Waals surface area contributed by atoms with E-state index in [1.807, 2.05) is 17.9 Å². The van der Waals surface area contributed by atoms with Crippen molar-refractivity contribution in [2.24, 2.45) is 5.92 Å². The van der Waals surface area contributed by atoms with Crippen molar-refractivity contribution in [3.05, 3.63) is 34.5 Å². The van der Waals surface area contributed by atoms with Crippen LogP contribution in [0.4, 0.5) is 0 Å². The monoisotopic (exact) mass is 359 g/mol. The van der Waals surface area contributed by atoms with Crippen molar-refractivity contribution in [1.29, 1.82) is 0 Å². The Hall–Kier alpha value is -1.73. The summed E-state index contributed by atoms with van der Waals surface area (Å²) in [5.41, 5.74) is 4.24. The van der Waals surface area contributed by atoms with Crippen molar-refractivity contribution in [3.8, 4) is 0 Å². The van der Waals surface area contributed by atoms with E-state index in [9.17, 15) is 4.79 Å². The van der Waals surface area contributed by atoms with Crippen molar-refractivity contribution in [3.63, 3.8) is 0 Å². The van der Waals surface area contributed by atoms with Gasteiger partial charge in [-0.15, -0.1) is 11.3 Å². The highest BCUT2D eigenvalue weighted by Crippen LogP contribution is 2.29. The fourth-order valence-electron chi connectivity index (χ4n) is 4.16. The highest BCUT2D eigenvalue weighted by molar-refractivity contribution is 7.07. The van der Waals surface area contributed by atoms with Gasteiger partial charge < -0.3 is 4.90 Å². The normalized spacial score (nSPS) is 23.8. The molecule has 2 aromatic rings. The lowest BCUT2D eigenvalue weighted by atomic mass is 9.94. The second-order valence-corrected chi connectivity index (χ2v) is 8.00. The summed E-state index contributed by atoms with van der Waals surface area (Å²) in [4.78, 5) is 21.9. The molecule has 0 aromatic carbocycles. The van der Waals surface area contributed by atoms with Crippen molar-refractivity contribution in [1.82, 2.24) is 25.0 Å². The predicted octanol–water partition coefficient (Wildman–Crippen LogP) is 2.31. The molecule has 2 bridgehead atoms. The molecule has 5 heterocycles. The average molecular weight is 359 g/mol. The van der Waals surface area contributed by atoms with E-state index in [0.717, 1.165) is 51.1 Å². The average Bonchev–Trinajstić information content (AvgIpc) is 3.24. The second kappa shape index (κ2) is 7.66. The molecule has 5 rings (SSSR count). The van der Waals surface area contributed by atoms with Crippen LogP contribution < -0.4 is 0 Å². The van der Waals surface area contributed by atoms with Gasteiger partial charge in [0.05, 0.1) is 17.4 Å². The summed E-state index contributed by atoms with van der Waals surface area (Å²) in [6.45, 7) is 3.93. The van der Waals surface area contributed by atoms with Gasteiger partial charge in [-0.3, -0.25) is 14.8 Å². The lowest BCUT2D eigenvalue weighted by Gasteiger charge is -2.36. The molecule has 0 spiro atoms. The number of aromatic nitrogens is 3. The van der Waals surface area contributed by atoms with Crippen molar-refractivity contribution < 1.29 is 4.79 Å². The molecule has 0 saturated carbocycles. The molecule has 0 radical (unpaired) electrons. The number of aryl methyl sites for hydroxylation is 1. The van der Waals surface area contributed by atoms with Crippen LogP contribution in [0.3, 0.4) is 0 Å². The maximum Gasteiger partial charge on any atom is 0.222 e. The summed E-state index contributed by atoms with van der Waals surface area (Å²) in [7, 11) is 0. The minimum absolute atomic E-state index is 0.328. The summed E-state index contributed by atoms with van der Waals surface area (Å²) in [5, 5.41) is 8.92. The van der Waals surface area contributed by atoms with Crippen molar-refractivity contribution in [2.75, 3.05) is 19.6 Å². The molecule has 2 atom stereocenters. The molecular formula is C18H25N5OS. The fraction of sp³-hybridized carbons (Fsp3) is 0.611. The molecule has 1 N–H and O–H groups in total. The number of fused-ring (bicyclic) bond motifs is 4. The number of carbonyl (C=O) groups is 1. The van der Waals surface area contributed by atoms with E-state index in [-0.39, 0.29) is 0 Å². The van der Waals surface area contributed by atoms with Crippen molar-refractivity contribution >= 4 is 17.2 Å². The van der Waals surface area contributed by atoms with Gasteiger partial charge in [0, 0.05) is 50.2 Å². The summed E-state index contributed by atoms with van der Waals surface area (Å²) in [6, 6.07) is 0.374. The molecule has 3 aliphatic heterocycles. The number of nitrogens with zero attached hydrogens (tertiary/aromatic N) is 4. The Bertz CT molecular complexity index is 672. The van der Waals surface area contributed by atoms with Crippen LogP contribution in [0.25, 0.3) is 0 Å². The van der Waals surface area contributed by atoms with Gasteiger partial charge in [-0.25, -0.2) is 4.98 Å². The Balaban J connectivity index is 1.32. The first kappa shape index (κ1) is 16.7. The van der Waals surface area contributed by atoms with E-state index in [0.29, 0.717) is 24.3 Å². The number of amides is 1. The Morgan fingerprint density at radius 3 is 3.08 bits per heavy atom. The van der Waals surface area contributed by atoms with Gasteiger partial charge in [0.2, 0.25) is 5.91 Å². The van der Waals surface area contributed by atoms with Crippen LogP contribution in [0.1, 0.15) is 36.9 Å². The van der Waals surface area contributed by atoms with E-state index in [4.69, 9.17) is 0 Å². The third-order valence-corrected chi connectivity index (χ3v) is 6.02. The molecule has 25 heavy (non-hydrogen) atoms. The first-order chi connectivity index (χ1) is 12.3. The molecule has 0 aliphatic carbocycles. The topological polar surface area (TPSA) is 65.1 Å². The highest BCUT2D eigenvalue weighted by Gasteiger charge is 2.36. The van der Waals surface area contributed by atoms with Gasteiger partial charge in [-0.1, -0.05) is 0 Å². The number of piperidine rings is 1. The summed E-state index contributed by atoms with van der Waals surface area (Å²) in [5.74, 6) is 0.934. The number of nitrogens with one attached hydrogen (secondary N) is 1. The van der Waals surface area contributed by atoms with Crippen LogP contribution in [-0.4, -0.2) is 56.6 Å². The number of rotatable bonds is 6. The maximum atomic E-state index is 12.8. The molecule has 1 amide bonds. The number of thiazole rings is 1. The third kappa shape index (κ3) is 4.10. The van der Waals surface area contributed by atoms with Gasteiger partial charge in [-0.2, -0.15) is 5.10 Å². The zero-order chi connectivity index (χ0) is 17.1. The van der Waals surface area contributed by atoms with E-state index < -0.39 is 0 Å². The van der Waals surface area contributed by atoms with E-state index in [1.54, 1.807) is 11.3 Å². The maximum absolute atomic E-state index is 12.8. The smallest absolute Gasteiger partial charge is 0.222 e. The zero-order valence-corrected chi connectivity index (χ0v) is 15.2. The summed E-state index contributed by atoms with van der Waals surface area (Å²) < 4.78 is 0. The lowest BCUT2D eigenvalue weighted by molar-refractivity contribution is -0.135. The molecule has 6 nitrogen and oxygen atoms in total. The first-order valence-electron chi connectivity index (χ1n) is 9.14. The molecule has 3 aliphatic rings. The van der Waals surface area contributed by atoms with Crippen LogP contribution in [-0.2, 0) is 17.8 Å². The van der Waals surface area contributed by atoms with Crippen LogP contribution >= 0.6 is 11.3 Å². The van der Waals surface area contributed by atoms with Crippen LogP contribution in [0.2, 0.25) is 0 Å². The minimum Gasteiger partial charge on any atom is -0.338 e. The summed E-state index contributed by atoms with van der Waals surface area (Å²) >= 11 is 1.65. The molecule has 134 valence electrons. The molecule has 7 heteroatoms. The number of H-pyrrole nitrogens is 1. The van der Waals surface area contributed by atoms with Crippen LogP contribution in [0, 0.1) is 5.92 Å². The largest absolute Gasteiger partial charge is 0.338 e. The van der Waals surface area contributed by atoms with Gasteiger partial charge in [0.1, 0.15) is 0 Å². The van der Waals surface area contributed by atoms with Crippen LogP contribution in [0.5, 0.6) is 0 Å². The molecule has 2 aromatic heterocycles. The molecule has 3 fully saturated rings. The van der Waals surface area contributed by atoms with E-state index in [1.165, 1.54) is 12.0 Å². The second-order valence-electron chi connectivity index (χ2n) is 7.28. The number of carbonyl (C=O) groups excluding carboxylic acids is 1. The lowest BCUT2D eigenvalue weighted by Crippen LogP contribution is -2.47. The van der Waals surface area contributed by atoms with Crippen LogP contribution in [0.15, 0.2) is 23.3 Å². The van der Waals surface area contributed by atoms with Gasteiger partial charge in [0.15, 0.2) is 0 Å². The Morgan fingerprint density at radius 2 is 2.28 bits per heavy atom. The minimum atomic E-state index is 0.328. The third-order valence-electron chi connectivity index (χ3n) is 5.39.